The van der Waals surface area contributed by atoms with Crippen molar-refractivity contribution < 1.29 is 9.47 Å². The smallest absolute Gasteiger partial charge is 0.172 e. The molecule has 16 heavy (non-hydrogen) atoms. The molecule has 0 aromatic carbocycles. The third-order valence-electron chi connectivity index (χ3n) is 2.57. The summed E-state index contributed by atoms with van der Waals surface area (Å²) in [6.07, 6.45) is 2.11. The first-order chi connectivity index (χ1) is 7.44. The van der Waals surface area contributed by atoms with E-state index in [1.54, 1.807) is 0 Å². The maximum Gasteiger partial charge on any atom is 0.172 e. The van der Waals surface area contributed by atoms with Gasteiger partial charge in [-0.25, -0.2) is 0 Å². The fourth-order valence-corrected chi connectivity index (χ4v) is 1.61. The fourth-order valence-electron chi connectivity index (χ4n) is 1.61. The fraction of sp³-hybridized carbons (Fsp3) is 1.00. The normalized spacial score (nSPS) is 14.4. The van der Waals surface area contributed by atoms with Crippen molar-refractivity contribution in [1.82, 2.24) is 5.32 Å². The van der Waals surface area contributed by atoms with E-state index < -0.39 is 0 Å². The van der Waals surface area contributed by atoms with Crippen LogP contribution < -0.4 is 5.32 Å². The van der Waals surface area contributed by atoms with Crippen molar-refractivity contribution >= 4 is 0 Å². The van der Waals surface area contributed by atoms with Crippen LogP contribution in [0.5, 0.6) is 0 Å². The lowest BCUT2D eigenvalue weighted by atomic mass is 9.88. The zero-order valence-corrected chi connectivity index (χ0v) is 11.8. The number of rotatable bonds is 8. The van der Waals surface area contributed by atoms with E-state index in [4.69, 9.17) is 9.47 Å². The van der Waals surface area contributed by atoms with Crippen molar-refractivity contribution in [2.24, 2.45) is 5.41 Å². The average molecular weight is 231 g/mol. The third kappa shape index (κ3) is 7.20. The van der Waals surface area contributed by atoms with Crippen LogP contribution >= 0.6 is 0 Å². The summed E-state index contributed by atoms with van der Waals surface area (Å²) in [5, 5.41) is 3.29. The molecule has 1 unspecified atom stereocenters. The monoisotopic (exact) mass is 231 g/mol. The first kappa shape index (κ1) is 15.9. The topological polar surface area (TPSA) is 30.5 Å². The second-order valence-electron chi connectivity index (χ2n) is 5.27. The Morgan fingerprint density at radius 2 is 1.56 bits per heavy atom. The molecule has 0 aliphatic rings. The lowest BCUT2D eigenvalue weighted by molar-refractivity contribution is -0.154. The highest BCUT2D eigenvalue weighted by Crippen LogP contribution is 2.23. The van der Waals surface area contributed by atoms with Gasteiger partial charge >= 0.3 is 0 Å². The maximum absolute atomic E-state index is 5.62. The Labute approximate surface area is 101 Å². The van der Waals surface area contributed by atoms with E-state index >= 15 is 0 Å². The first-order valence-electron chi connectivity index (χ1n) is 6.35. The van der Waals surface area contributed by atoms with Crippen molar-refractivity contribution in [3.8, 4) is 0 Å². The van der Waals surface area contributed by atoms with Crippen molar-refractivity contribution in [3.05, 3.63) is 0 Å². The van der Waals surface area contributed by atoms with E-state index in [1.165, 1.54) is 0 Å². The Morgan fingerprint density at radius 1 is 1.06 bits per heavy atom. The molecule has 0 fully saturated rings. The van der Waals surface area contributed by atoms with Gasteiger partial charge in [-0.2, -0.15) is 0 Å². The standard InChI is InChI=1S/C13H29NO2/c1-7-15-12(16-8-2)11(14-6)9-10-13(3,4)5/h11-12,14H,7-10H2,1-6H3. The van der Waals surface area contributed by atoms with Crippen LogP contribution in [0.4, 0.5) is 0 Å². The van der Waals surface area contributed by atoms with Crippen LogP contribution in [0.25, 0.3) is 0 Å². The molecule has 1 atom stereocenters. The molecule has 0 saturated carbocycles. The minimum atomic E-state index is -0.123. The molecule has 0 saturated heterocycles. The van der Waals surface area contributed by atoms with Gasteiger partial charge in [0.2, 0.25) is 0 Å². The number of nitrogens with one attached hydrogen (secondary N) is 1. The number of ether oxygens (including phenoxy) is 2. The van der Waals surface area contributed by atoms with Crippen LogP contribution in [0.3, 0.4) is 0 Å². The van der Waals surface area contributed by atoms with Crippen LogP contribution in [0.1, 0.15) is 47.5 Å². The van der Waals surface area contributed by atoms with Crippen LogP contribution in [0, 0.1) is 5.41 Å². The highest BCUT2D eigenvalue weighted by Gasteiger charge is 2.22. The van der Waals surface area contributed by atoms with Gasteiger partial charge in [0.1, 0.15) is 0 Å². The quantitative estimate of drug-likeness (QED) is 0.652. The van der Waals surface area contributed by atoms with Gasteiger partial charge in [-0.05, 0) is 39.2 Å². The SMILES string of the molecule is CCOC(OCC)C(CCC(C)(C)C)NC. The van der Waals surface area contributed by atoms with Crippen LogP contribution in [-0.2, 0) is 9.47 Å². The number of hydrogen-bond acceptors (Lipinski definition) is 3. The summed E-state index contributed by atoms with van der Waals surface area (Å²) < 4.78 is 11.2. The Kier molecular flexibility index (Phi) is 7.98. The highest BCUT2D eigenvalue weighted by atomic mass is 16.7. The second-order valence-corrected chi connectivity index (χ2v) is 5.27. The molecular weight excluding hydrogens is 202 g/mol. The molecule has 0 heterocycles. The zero-order valence-electron chi connectivity index (χ0n) is 11.8. The summed E-state index contributed by atoms with van der Waals surface area (Å²) in [5.74, 6) is 0. The number of likely N-dealkylation sites (N-methyl/N-ethyl adjacent to an activating group) is 1. The van der Waals surface area contributed by atoms with Crippen LogP contribution in [0.2, 0.25) is 0 Å². The average Bonchev–Trinajstić information content (AvgIpc) is 2.17. The molecule has 0 spiro atoms. The summed E-state index contributed by atoms with van der Waals surface area (Å²) in [6.45, 7) is 12.2. The van der Waals surface area contributed by atoms with Gasteiger partial charge in [-0.3, -0.25) is 0 Å². The van der Waals surface area contributed by atoms with Gasteiger partial charge in [-0.1, -0.05) is 20.8 Å². The van der Waals surface area contributed by atoms with Crippen molar-refractivity contribution in [3.63, 3.8) is 0 Å². The molecule has 0 aliphatic carbocycles. The first-order valence-corrected chi connectivity index (χ1v) is 6.35. The predicted molar refractivity (Wildman–Crippen MR) is 68.6 cm³/mol. The molecule has 0 rings (SSSR count). The van der Waals surface area contributed by atoms with E-state index in [1.807, 2.05) is 20.9 Å². The molecule has 3 nitrogen and oxygen atoms in total. The van der Waals surface area contributed by atoms with Gasteiger partial charge in [-0.15, -0.1) is 0 Å². The van der Waals surface area contributed by atoms with E-state index in [0.717, 1.165) is 12.8 Å². The molecule has 3 heteroatoms. The highest BCUT2D eigenvalue weighted by molar-refractivity contribution is 4.73. The Morgan fingerprint density at radius 3 is 1.88 bits per heavy atom. The molecule has 98 valence electrons. The van der Waals surface area contributed by atoms with Gasteiger partial charge < -0.3 is 14.8 Å². The van der Waals surface area contributed by atoms with Gasteiger partial charge in [0.15, 0.2) is 6.29 Å². The van der Waals surface area contributed by atoms with Crippen molar-refractivity contribution in [2.45, 2.75) is 59.8 Å². The Balaban J connectivity index is 4.19. The minimum absolute atomic E-state index is 0.123. The molecule has 0 aliphatic heterocycles. The molecule has 0 aromatic heterocycles. The summed E-state index contributed by atoms with van der Waals surface area (Å²) in [7, 11) is 1.97. The van der Waals surface area contributed by atoms with E-state index in [0.29, 0.717) is 18.6 Å². The van der Waals surface area contributed by atoms with Gasteiger partial charge in [0, 0.05) is 13.2 Å². The Bertz CT molecular complexity index is 160. The Hall–Kier alpha value is -0.120. The van der Waals surface area contributed by atoms with Crippen molar-refractivity contribution in [1.29, 1.82) is 0 Å². The third-order valence-corrected chi connectivity index (χ3v) is 2.57. The lowest BCUT2D eigenvalue weighted by Gasteiger charge is -2.29. The molecule has 0 bridgehead atoms. The van der Waals surface area contributed by atoms with E-state index in [2.05, 4.69) is 26.1 Å². The lowest BCUT2D eigenvalue weighted by Crippen LogP contribution is -2.41. The summed E-state index contributed by atoms with van der Waals surface area (Å²) in [5.41, 5.74) is 0.359. The van der Waals surface area contributed by atoms with E-state index in [-0.39, 0.29) is 12.3 Å². The summed E-state index contributed by atoms with van der Waals surface area (Å²) >= 11 is 0. The molecule has 0 aromatic rings. The molecule has 0 amide bonds. The van der Waals surface area contributed by atoms with E-state index in [9.17, 15) is 0 Å². The van der Waals surface area contributed by atoms with Crippen molar-refractivity contribution in [2.75, 3.05) is 20.3 Å². The largest absolute Gasteiger partial charge is 0.351 e. The second kappa shape index (κ2) is 8.04. The summed E-state index contributed by atoms with van der Waals surface area (Å²) in [6, 6.07) is 0.277. The zero-order chi connectivity index (χ0) is 12.6. The van der Waals surface area contributed by atoms with Gasteiger partial charge in [0.05, 0.1) is 6.04 Å². The van der Waals surface area contributed by atoms with Crippen LogP contribution in [-0.4, -0.2) is 32.6 Å². The minimum Gasteiger partial charge on any atom is -0.351 e. The predicted octanol–water partition coefficient (Wildman–Crippen LogP) is 2.80. The number of hydrogen-bond donors (Lipinski definition) is 1. The van der Waals surface area contributed by atoms with Crippen LogP contribution in [0.15, 0.2) is 0 Å². The van der Waals surface area contributed by atoms with Gasteiger partial charge in [0.25, 0.3) is 0 Å². The maximum atomic E-state index is 5.62. The molecule has 1 N–H and O–H groups in total. The molecular formula is C13H29NO2. The molecule has 0 radical (unpaired) electrons. The summed E-state index contributed by atoms with van der Waals surface area (Å²) in [4.78, 5) is 0.